The molecule has 0 spiro atoms. The predicted molar refractivity (Wildman–Crippen MR) is 52.7 cm³/mol. The third-order valence-corrected chi connectivity index (χ3v) is 2.24. The molecule has 0 aromatic carbocycles. The lowest BCUT2D eigenvalue weighted by atomic mass is 10.2. The topological polar surface area (TPSA) is 95.2 Å². The Hall–Kier alpha value is -1.76. The number of H-pyrrole nitrogens is 2. The SMILES string of the molecule is CC(NC(C)c1ccn[nH]1)c1nn[nH]n1. The van der Waals surface area contributed by atoms with Crippen molar-refractivity contribution in [3.05, 3.63) is 23.8 Å². The van der Waals surface area contributed by atoms with Crippen molar-refractivity contribution in [3.63, 3.8) is 0 Å². The van der Waals surface area contributed by atoms with Crippen LogP contribution in [0.5, 0.6) is 0 Å². The summed E-state index contributed by atoms with van der Waals surface area (Å²) in [5.74, 6) is 0.654. The van der Waals surface area contributed by atoms with E-state index in [4.69, 9.17) is 0 Å². The molecule has 80 valence electrons. The molecule has 2 atom stereocenters. The minimum Gasteiger partial charge on any atom is -0.299 e. The lowest BCUT2D eigenvalue weighted by molar-refractivity contribution is 0.469. The fourth-order valence-corrected chi connectivity index (χ4v) is 1.40. The molecule has 7 nitrogen and oxygen atoms in total. The Kier molecular flexibility index (Phi) is 2.72. The van der Waals surface area contributed by atoms with Gasteiger partial charge in [0.1, 0.15) is 0 Å². The van der Waals surface area contributed by atoms with E-state index >= 15 is 0 Å². The third kappa shape index (κ3) is 2.18. The van der Waals surface area contributed by atoms with Crippen molar-refractivity contribution in [2.24, 2.45) is 0 Å². The smallest absolute Gasteiger partial charge is 0.191 e. The number of aromatic amines is 2. The van der Waals surface area contributed by atoms with Crippen LogP contribution in [0.25, 0.3) is 0 Å². The second kappa shape index (κ2) is 4.18. The van der Waals surface area contributed by atoms with Crippen LogP contribution >= 0.6 is 0 Å². The first kappa shape index (κ1) is 9.78. The molecular formula is C8H13N7. The van der Waals surface area contributed by atoms with Crippen LogP contribution < -0.4 is 5.32 Å². The summed E-state index contributed by atoms with van der Waals surface area (Å²) in [7, 11) is 0. The van der Waals surface area contributed by atoms with Gasteiger partial charge in [-0.3, -0.25) is 10.4 Å². The maximum absolute atomic E-state index is 3.91. The van der Waals surface area contributed by atoms with Crippen molar-refractivity contribution in [3.8, 4) is 0 Å². The standard InChI is InChI=1S/C8H13N7/c1-5(7-3-4-9-11-7)10-6(2)8-12-14-15-13-8/h3-6,10H,1-2H3,(H,9,11)(H,12,13,14,15). The van der Waals surface area contributed by atoms with Crippen molar-refractivity contribution >= 4 is 0 Å². The summed E-state index contributed by atoms with van der Waals surface area (Å²) >= 11 is 0. The Morgan fingerprint density at radius 2 is 2.20 bits per heavy atom. The molecule has 0 saturated carbocycles. The summed E-state index contributed by atoms with van der Waals surface area (Å²) in [4.78, 5) is 0. The largest absolute Gasteiger partial charge is 0.299 e. The first-order chi connectivity index (χ1) is 7.27. The van der Waals surface area contributed by atoms with Crippen LogP contribution in [0.15, 0.2) is 12.3 Å². The second-order valence-electron chi connectivity index (χ2n) is 3.39. The van der Waals surface area contributed by atoms with Crippen LogP contribution in [-0.4, -0.2) is 30.8 Å². The van der Waals surface area contributed by atoms with Crippen molar-refractivity contribution in [1.82, 2.24) is 36.1 Å². The molecule has 0 bridgehead atoms. The van der Waals surface area contributed by atoms with Crippen LogP contribution in [0.2, 0.25) is 0 Å². The Morgan fingerprint density at radius 3 is 2.80 bits per heavy atom. The first-order valence-corrected chi connectivity index (χ1v) is 4.76. The van der Waals surface area contributed by atoms with E-state index in [9.17, 15) is 0 Å². The molecule has 0 aliphatic rings. The zero-order valence-electron chi connectivity index (χ0n) is 8.60. The van der Waals surface area contributed by atoms with Gasteiger partial charge in [-0.25, -0.2) is 0 Å². The molecule has 3 N–H and O–H groups in total. The van der Waals surface area contributed by atoms with Crippen LogP contribution in [0.4, 0.5) is 0 Å². The Balaban J connectivity index is 1.98. The minimum atomic E-state index is 0.0436. The summed E-state index contributed by atoms with van der Waals surface area (Å²) in [6.07, 6.45) is 1.73. The third-order valence-electron chi connectivity index (χ3n) is 2.24. The van der Waals surface area contributed by atoms with Gasteiger partial charge in [0.25, 0.3) is 0 Å². The van der Waals surface area contributed by atoms with Crippen LogP contribution in [0.3, 0.4) is 0 Å². The van der Waals surface area contributed by atoms with Gasteiger partial charge in [-0.05, 0) is 19.9 Å². The average Bonchev–Trinajstić information content (AvgIpc) is 2.91. The number of tetrazole rings is 1. The number of nitrogens with one attached hydrogen (secondary N) is 3. The summed E-state index contributed by atoms with van der Waals surface area (Å²) in [5, 5.41) is 23.9. The number of hydrogen-bond donors (Lipinski definition) is 3. The Bertz CT molecular complexity index is 341. The van der Waals surface area contributed by atoms with Gasteiger partial charge in [0.2, 0.25) is 0 Å². The molecule has 2 aromatic rings. The predicted octanol–water partition coefficient (Wildman–Crippen LogP) is 0.335. The van der Waals surface area contributed by atoms with Gasteiger partial charge in [0.15, 0.2) is 5.82 Å². The molecule has 2 heterocycles. The highest BCUT2D eigenvalue weighted by atomic mass is 15.5. The van der Waals surface area contributed by atoms with E-state index in [1.165, 1.54) is 0 Å². The number of hydrogen-bond acceptors (Lipinski definition) is 5. The van der Waals surface area contributed by atoms with Gasteiger partial charge >= 0.3 is 0 Å². The maximum atomic E-state index is 3.91. The molecule has 0 radical (unpaired) electrons. The molecular weight excluding hydrogens is 194 g/mol. The molecule has 0 aliphatic carbocycles. The molecule has 7 heteroatoms. The lowest BCUT2D eigenvalue weighted by Crippen LogP contribution is -2.23. The quantitative estimate of drug-likeness (QED) is 0.671. The van der Waals surface area contributed by atoms with Crippen LogP contribution in [-0.2, 0) is 0 Å². The molecule has 0 fully saturated rings. The maximum Gasteiger partial charge on any atom is 0.191 e. The van der Waals surface area contributed by atoms with E-state index in [1.54, 1.807) is 6.20 Å². The summed E-state index contributed by atoms with van der Waals surface area (Å²) < 4.78 is 0. The van der Waals surface area contributed by atoms with E-state index in [0.717, 1.165) is 5.69 Å². The van der Waals surface area contributed by atoms with Gasteiger partial charge in [0, 0.05) is 12.2 Å². The highest BCUT2D eigenvalue weighted by Crippen LogP contribution is 2.13. The van der Waals surface area contributed by atoms with Crippen LogP contribution in [0, 0.1) is 0 Å². The normalized spacial score (nSPS) is 15.1. The highest BCUT2D eigenvalue weighted by Gasteiger charge is 2.14. The zero-order valence-corrected chi connectivity index (χ0v) is 8.60. The Morgan fingerprint density at radius 1 is 1.33 bits per heavy atom. The number of aromatic nitrogens is 6. The van der Waals surface area contributed by atoms with Gasteiger partial charge in [-0.15, -0.1) is 10.2 Å². The van der Waals surface area contributed by atoms with Crippen molar-refractivity contribution in [1.29, 1.82) is 0 Å². The fourth-order valence-electron chi connectivity index (χ4n) is 1.40. The van der Waals surface area contributed by atoms with Gasteiger partial charge in [-0.1, -0.05) is 5.21 Å². The average molecular weight is 207 g/mol. The molecule has 2 rings (SSSR count). The van der Waals surface area contributed by atoms with E-state index in [1.807, 2.05) is 19.9 Å². The van der Waals surface area contributed by atoms with Crippen LogP contribution in [0.1, 0.15) is 37.4 Å². The Labute approximate surface area is 86.7 Å². The van der Waals surface area contributed by atoms with Gasteiger partial charge in [-0.2, -0.15) is 10.3 Å². The van der Waals surface area contributed by atoms with Crippen molar-refractivity contribution < 1.29 is 0 Å². The second-order valence-corrected chi connectivity index (χ2v) is 3.39. The zero-order chi connectivity index (χ0) is 10.7. The minimum absolute atomic E-state index is 0.0436. The van der Waals surface area contributed by atoms with E-state index in [-0.39, 0.29) is 12.1 Å². The molecule has 0 amide bonds. The van der Waals surface area contributed by atoms with Gasteiger partial charge in [0.05, 0.1) is 11.7 Å². The molecule has 15 heavy (non-hydrogen) atoms. The first-order valence-electron chi connectivity index (χ1n) is 4.76. The molecule has 2 unspecified atom stereocenters. The van der Waals surface area contributed by atoms with Gasteiger partial charge < -0.3 is 0 Å². The lowest BCUT2D eigenvalue weighted by Gasteiger charge is -2.15. The molecule has 2 aromatic heterocycles. The summed E-state index contributed by atoms with van der Waals surface area (Å²) in [6.45, 7) is 4.03. The van der Waals surface area contributed by atoms with E-state index in [0.29, 0.717) is 5.82 Å². The summed E-state index contributed by atoms with van der Waals surface area (Å²) in [6, 6.07) is 2.14. The van der Waals surface area contributed by atoms with E-state index < -0.39 is 0 Å². The summed E-state index contributed by atoms with van der Waals surface area (Å²) in [5.41, 5.74) is 1.03. The molecule has 0 aliphatic heterocycles. The number of rotatable bonds is 4. The monoisotopic (exact) mass is 207 g/mol. The molecule has 0 saturated heterocycles. The number of nitrogens with zero attached hydrogens (tertiary/aromatic N) is 4. The fraction of sp³-hybridized carbons (Fsp3) is 0.500. The van der Waals surface area contributed by atoms with Crippen molar-refractivity contribution in [2.75, 3.05) is 0 Å². The van der Waals surface area contributed by atoms with E-state index in [2.05, 4.69) is 36.1 Å². The highest BCUT2D eigenvalue weighted by molar-refractivity contribution is 5.04. The van der Waals surface area contributed by atoms with Crippen molar-refractivity contribution in [2.45, 2.75) is 25.9 Å².